The van der Waals surface area contributed by atoms with E-state index in [1.165, 1.54) is 22.5 Å². The number of rotatable bonds is 0. The predicted molar refractivity (Wildman–Crippen MR) is 86.2 cm³/mol. The van der Waals surface area contributed by atoms with Gasteiger partial charge in [0.1, 0.15) is 0 Å². The minimum absolute atomic E-state index is 0.0391. The van der Waals surface area contributed by atoms with Crippen molar-refractivity contribution in [2.45, 2.75) is 31.2 Å². The van der Waals surface area contributed by atoms with Gasteiger partial charge in [-0.3, -0.25) is 4.90 Å². The lowest BCUT2D eigenvalue weighted by Gasteiger charge is -2.47. The molecule has 0 radical (unpaired) electrons. The summed E-state index contributed by atoms with van der Waals surface area (Å²) in [6.07, 6.45) is 4.46. The van der Waals surface area contributed by atoms with Crippen molar-refractivity contribution >= 4 is 5.69 Å². The van der Waals surface area contributed by atoms with Gasteiger partial charge in [-0.25, -0.2) is 0 Å². The monoisotopic (exact) mass is 289 g/mol. The van der Waals surface area contributed by atoms with Gasteiger partial charge in [-0.2, -0.15) is 5.26 Å². The van der Waals surface area contributed by atoms with E-state index in [4.69, 9.17) is 0 Å². The number of piperidine rings is 1. The highest BCUT2D eigenvalue weighted by Crippen LogP contribution is 2.60. The Labute approximate surface area is 130 Å². The molecular formula is C19H19N3. The van der Waals surface area contributed by atoms with Crippen molar-refractivity contribution in [1.82, 2.24) is 4.90 Å². The molecule has 0 amide bonds. The maximum absolute atomic E-state index is 9.88. The highest BCUT2D eigenvalue weighted by atomic mass is 15.2. The lowest BCUT2D eigenvalue weighted by atomic mass is 9.62. The smallest absolute Gasteiger partial charge is 0.0972 e. The largest absolute Gasteiger partial charge is 0.357 e. The zero-order chi connectivity index (χ0) is 14.9. The maximum Gasteiger partial charge on any atom is 0.0972 e. The van der Waals surface area contributed by atoms with Crippen molar-refractivity contribution in [1.29, 1.82) is 5.26 Å². The van der Waals surface area contributed by atoms with Crippen LogP contribution < -0.4 is 5.32 Å². The van der Waals surface area contributed by atoms with E-state index in [1.54, 1.807) is 0 Å². The topological polar surface area (TPSA) is 39.1 Å². The second-order valence-electron chi connectivity index (χ2n) is 6.93. The molecule has 22 heavy (non-hydrogen) atoms. The summed E-state index contributed by atoms with van der Waals surface area (Å²) in [6.45, 7) is 4.28. The molecule has 1 spiro atoms. The van der Waals surface area contributed by atoms with Gasteiger partial charge in [0, 0.05) is 36.4 Å². The first-order valence-corrected chi connectivity index (χ1v) is 8.20. The van der Waals surface area contributed by atoms with Crippen molar-refractivity contribution in [2.24, 2.45) is 5.92 Å². The summed E-state index contributed by atoms with van der Waals surface area (Å²) in [7, 11) is 0. The van der Waals surface area contributed by atoms with Gasteiger partial charge in [-0.1, -0.05) is 29.8 Å². The van der Waals surface area contributed by atoms with Crippen LogP contribution in [0.15, 0.2) is 47.2 Å². The number of anilines is 1. The Hall–Kier alpha value is -2.05. The summed E-state index contributed by atoms with van der Waals surface area (Å²) >= 11 is 0. The van der Waals surface area contributed by atoms with Crippen LogP contribution in [-0.4, -0.2) is 24.0 Å². The van der Waals surface area contributed by atoms with Crippen LogP contribution >= 0.6 is 0 Å². The average Bonchev–Trinajstić information content (AvgIpc) is 3.11. The van der Waals surface area contributed by atoms with E-state index in [0.717, 1.165) is 31.5 Å². The molecule has 3 nitrogen and oxygen atoms in total. The summed E-state index contributed by atoms with van der Waals surface area (Å²) in [5.41, 5.74) is 6.28. The van der Waals surface area contributed by atoms with Gasteiger partial charge in [0.2, 0.25) is 0 Å². The second kappa shape index (κ2) is 4.02. The number of nitriles is 1. The summed E-state index contributed by atoms with van der Waals surface area (Å²) in [6, 6.07) is 11.8. The molecule has 3 aliphatic heterocycles. The van der Waals surface area contributed by atoms with Gasteiger partial charge in [0.15, 0.2) is 0 Å². The third-order valence-corrected chi connectivity index (χ3v) is 6.32. The fourth-order valence-corrected chi connectivity index (χ4v) is 5.39. The van der Waals surface area contributed by atoms with Crippen molar-refractivity contribution in [3.63, 3.8) is 0 Å². The molecule has 2 saturated heterocycles. The molecular weight excluding hydrogens is 270 g/mol. The third-order valence-electron chi connectivity index (χ3n) is 6.32. The van der Waals surface area contributed by atoms with Gasteiger partial charge in [-0.05, 0) is 31.4 Å². The Morgan fingerprint density at radius 1 is 1.41 bits per heavy atom. The molecule has 1 N–H and O–H groups in total. The normalized spacial score (nSPS) is 36.8. The lowest BCUT2D eigenvalue weighted by molar-refractivity contribution is 0.167. The summed E-state index contributed by atoms with van der Waals surface area (Å²) in [5, 5.41) is 13.5. The zero-order valence-electron chi connectivity index (χ0n) is 12.8. The van der Waals surface area contributed by atoms with Crippen LogP contribution in [0.25, 0.3) is 0 Å². The van der Waals surface area contributed by atoms with Gasteiger partial charge in [0.05, 0.1) is 17.1 Å². The van der Waals surface area contributed by atoms with Crippen LogP contribution in [-0.2, 0) is 5.41 Å². The van der Waals surface area contributed by atoms with Crippen LogP contribution in [0.3, 0.4) is 0 Å². The first-order chi connectivity index (χ1) is 10.8. The van der Waals surface area contributed by atoms with Crippen LogP contribution in [0.5, 0.6) is 0 Å². The van der Waals surface area contributed by atoms with Gasteiger partial charge >= 0.3 is 0 Å². The fraction of sp³-hybridized carbons (Fsp3) is 0.421. The molecule has 1 unspecified atom stereocenters. The maximum atomic E-state index is 9.88. The molecule has 3 atom stereocenters. The molecule has 2 bridgehead atoms. The number of allylic oxidation sites excluding steroid dienone is 2. The van der Waals surface area contributed by atoms with E-state index in [9.17, 15) is 5.26 Å². The number of fused-ring (bicyclic) bond motifs is 2. The molecule has 4 aliphatic rings. The van der Waals surface area contributed by atoms with E-state index in [1.807, 2.05) is 0 Å². The Morgan fingerprint density at radius 3 is 3.09 bits per heavy atom. The molecule has 1 aromatic rings. The first kappa shape index (κ1) is 12.5. The van der Waals surface area contributed by atoms with Crippen LogP contribution in [0.1, 0.15) is 25.3 Å². The van der Waals surface area contributed by atoms with E-state index < -0.39 is 0 Å². The Bertz CT molecular complexity index is 782. The molecule has 5 rings (SSSR count). The minimum atomic E-state index is 0.0391. The van der Waals surface area contributed by atoms with E-state index in [-0.39, 0.29) is 5.41 Å². The number of para-hydroxylation sites is 1. The number of hydrogen-bond acceptors (Lipinski definition) is 3. The highest BCUT2D eigenvalue weighted by molar-refractivity contribution is 5.73. The fourth-order valence-electron chi connectivity index (χ4n) is 5.39. The van der Waals surface area contributed by atoms with Gasteiger partial charge in [0.25, 0.3) is 0 Å². The summed E-state index contributed by atoms with van der Waals surface area (Å²) < 4.78 is 0. The molecule has 3 heteroatoms. The standard InChI is InChI=1S/C19H19N3/c1-2-12-11-22-8-7-19-15-5-3-4-6-16(15)21-18(19)14(10-20)13(12)9-17(19)22/h2-6,13,17,21H,7-9,11H2,1H3/b12-2+/t13-,17+,19?/m0/s1. The lowest BCUT2D eigenvalue weighted by Crippen LogP contribution is -2.52. The average molecular weight is 289 g/mol. The molecule has 3 heterocycles. The van der Waals surface area contributed by atoms with Crippen LogP contribution in [0, 0.1) is 17.2 Å². The first-order valence-electron chi connectivity index (χ1n) is 8.20. The number of nitrogens with one attached hydrogen (secondary N) is 1. The van der Waals surface area contributed by atoms with E-state index >= 15 is 0 Å². The van der Waals surface area contributed by atoms with Crippen molar-refractivity contribution < 1.29 is 0 Å². The SMILES string of the molecule is C/C=C1\CN2CCC34C(=C(C#N)[C@H]1C[C@@H]23)Nc1ccccc14. The molecule has 0 saturated carbocycles. The predicted octanol–water partition coefficient (Wildman–Crippen LogP) is 3.18. The molecule has 2 fully saturated rings. The number of nitrogens with zero attached hydrogens (tertiary/aromatic N) is 2. The molecule has 1 aliphatic carbocycles. The number of hydrogen-bond donors (Lipinski definition) is 1. The summed E-state index contributed by atoms with van der Waals surface area (Å²) in [5.74, 6) is 0.319. The van der Waals surface area contributed by atoms with Crippen molar-refractivity contribution in [2.75, 3.05) is 18.4 Å². The number of benzene rings is 1. The van der Waals surface area contributed by atoms with Gasteiger partial charge in [-0.15, -0.1) is 0 Å². The zero-order valence-corrected chi connectivity index (χ0v) is 12.8. The Balaban J connectivity index is 1.83. The van der Waals surface area contributed by atoms with E-state index in [0.29, 0.717) is 12.0 Å². The van der Waals surface area contributed by atoms with Gasteiger partial charge < -0.3 is 5.32 Å². The minimum Gasteiger partial charge on any atom is -0.357 e. The van der Waals surface area contributed by atoms with Crippen molar-refractivity contribution in [3.05, 3.63) is 52.7 Å². The van der Waals surface area contributed by atoms with Crippen LogP contribution in [0.4, 0.5) is 5.69 Å². The second-order valence-corrected chi connectivity index (χ2v) is 6.93. The molecule has 0 aromatic heterocycles. The summed E-state index contributed by atoms with van der Waals surface area (Å²) in [4.78, 5) is 2.64. The van der Waals surface area contributed by atoms with E-state index in [2.05, 4.69) is 53.6 Å². The third kappa shape index (κ3) is 1.22. The Morgan fingerprint density at radius 2 is 2.27 bits per heavy atom. The molecule has 1 aromatic carbocycles. The van der Waals surface area contributed by atoms with Crippen LogP contribution in [0.2, 0.25) is 0 Å². The highest BCUT2D eigenvalue weighted by Gasteiger charge is 2.61. The quantitative estimate of drug-likeness (QED) is 0.746. The van der Waals surface area contributed by atoms with Crippen molar-refractivity contribution in [3.8, 4) is 6.07 Å². The molecule has 110 valence electrons. The Kier molecular flexibility index (Phi) is 2.28.